The van der Waals surface area contributed by atoms with Gasteiger partial charge in [-0.1, -0.05) is 6.07 Å². The number of nitrogens with zero attached hydrogens (tertiary/aromatic N) is 1. The van der Waals surface area contributed by atoms with Gasteiger partial charge in [-0.25, -0.2) is 4.74 Å². The third-order valence-electron chi connectivity index (χ3n) is 2.02. The fourth-order valence-corrected chi connectivity index (χ4v) is 1.05. The molecular weight excluding hydrogens is 190 g/mol. The Morgan fingerprint density at radius 2 is 2.00 bits per heavy atom. The second-order valence-corrected chi connectivity index (χ2v) is 4.40. The zero-order valence-electron chi connectivity index (χ0n) is 9.65. The van der Waals surface area contributed by atoms with E-state index in [1.807, 2.05) is 45.0 Å². The maximum Gasteiger partial charge on any atom is 0.182 e. The first kappa shape index (κ1) is 11.6. The lowest BCUT2D eigenvalue weighted by atomic mass is 10.1. The molecule has 1 aromatic carbocycles. The minimum Gasteiger partial charge on any atom is -0.623 e. The molecule has 0 spiro atoms. The van der Waals surface area contributed by atoms with Crippen molar-refractivity contribution in [3.63, 3.8) is 0 Å². The SMILES string of the molecule is COc1cccc(C=[N+]([O-])C(C)(C)C)c1. The van der Waals surface area contributed by atoms with Crippen LogP contribution in [0.4, 0.5) is 0 Å². The first-order valence-corrected chi connectivity index (χ1v) is 4.89. The molecule has 1 aromatic rings. The summed E-state index contributed by atoms with van der Waals surface area (Å²) < 4.78 is 6.03. The summed E-state index contributed by atoms with van der Waals surface area (Å²) in [5.74, 6) is 0.756. The van der Waals surface area contributed by atoms with Gasteiger partial charge in [0.05, 0.1) is 7.11 Å². The molecule has 0 radical (unpaired) electrons. The van der Waals surface area contributed by atoms with E-state index in [2.05, 4.69) is 0 Å². The Kier molecular flexibility index (Phi) is 3.35. The molecule has 0 saturated carbocycles. The topological polar surface area (TPSA) is 35.3 Å². The Hall–Kier alpha value is -1.51. The maximum atomic E-state index is 11.7. The van der Waals surface area contributed by atoms with Crippen LogP contribution in [0.1, 0.15) is 26.3 Å². The standard InChI is InChI=1S/C12H17NO2/c1-12(2,3)13(14)9-10-6-5-7-11(8-10)15-4/h5-9H,1-4H3. The van der Waals surface area contributed by atoms with Crippen LogP contribution in [0.3, 0.4) is 0 Å². The average Bonchev–Trinajstić information content (AvgIpc) is 2.16. The number of hydroxylamine groups is 1. The van der Waals surface area contributed by atoms with E-state index in [4.69, 9.17) is 4.74 Å². The summed E-state index contributed by atoms with van der Waals surface area (Å²) >= 11 is 0. The third-order valence-corrected chi connectivity index (χ3v) is 2.02. The van der Waals surface area contributed by atoms with E-state index in [0.717, 1.165) is 16.1 Å². The number of methoxy groups -OCH3 is 1. The molecule has 0 atom stereocenters. The molecule has 3 nitrogen and oxygen atoms in total. The molecular formula is C12H17NO2. The second kappa shape index (κ2) is 4.34. The molecule has 82 valence electrons. The normalized spacial score (nSPS) is 12.7. The lowest BCUT2D eigenvalue weighted by Gasteiger charge is -2.18. The van der Waals surface area contributed by atoms with E-state index < -0.39 is 5.54 Å². The van der Waals surface area contributed by atoms with Crippen molar-refractivity contribution in [3.05, 3.63) is 35.0 Å². The Bertz CT molecular complexity index is 364. The van der Waals surface area contributed by atoms with Gasteiger partial charge in [-0.05, 0) is 18.2 Å². The lowest BCUT2D eigenvalue weighted by molar-refractivity contribution is -0.530. The lowest BCUT2D eigenvalue weighted by Crippen LogP contribution is -2.29. The molecule has 0 saturated heterocycles. The Labute approximate surface area is 90.6 Å². The van der Waals surface area contributed by atoms with Gasteiger partial charge < -0.3 is 9.94 Å². The fourth-order valence-electron chi connectivity index (χ4n) is 1.05. The Morgan fingerprint density at radius 3 is 2.53 bits per heavy atom. The molecule has 0 aliphatic carbocycles. The molecule has 0 N–H and O–H groups in total. The first-order valence-electron chi connectivity index (χ1n) is 4.89. The summed E-state index contributed by atoms with van der Waals surface area (Å²) in [6.07, 6.45) is 1.57. The summed E-state index contributed by atoms with van der Waals surface area (Å²) in [6, 6.07) is 7.42. The fraction of sp³-hybridized carbons (Fsp3) is 0.417. The Balaban J connectivity index is 2.98. The van der Waals surface area contributed by atoms with Crippen LogP contribution in [0, 0.1) is 5.21 Å². The van der Waals surface area contributed by atoms with Crippen LogP contribution in [0.2, 0.25) is 0 Å². The highest BCUT2D eigenvalue weighted by atomic mass is 16.5. The first-order chi connectivity index (χ1) is 6.93. The molecule has 0 bridgehead atoms. The third kappa shape index (κ3) is 3.27. The second-order valence-electron chi connectivity index (χ2n) is 4.40. The van der Waals surface area contributed by atoms with E-state index in [1.165, 1.54) is 0 Å². The highest BCUT2D eigenvalue weighted by Gasteiger charge is 2.17. The van der Waals surface area contributed by atoms with Gasteiger partial charge in [0.25, 0.3) is 0 Å². The van der Waals surface area contributed by atoms with Crippen LogP contribution >= 0.6 is 0 Å². The zero-order valence-corrected chi connectivity index (χ0v) is 9.65. The quantitative estimate of drug-likeness (QED) is 0.323. The molecule has 1 rings (SSSR count). The van der Waals surface area contributed by atoms with E-state index in [1.54, 1.807) is 13.3 Å². The summed E-state index contributed by atoms with van der Waals surface area (Å²) in [7, 11) is 1.61. The van der Waals surface area contributed by atoms with Crippen molar-refractivity contribution in [2.75, 3.05) is 7.11 Å². The van der Waals surface area contributed by atoms with Crippen molar-refractivity contribution in [1.29, 1.82) is 0 Å². The minimum atomic E-state index is -0.414. The van der Waals surface area contributed by atoms with Crippen LogP contribution in [-0.4, -0.2) is 23.6 Å². The molecule has 15 heavy (non-hydrogen) atoms. The number of hydrogen-bond donors (Lipinski definition) is 0. The Morgan fingerprint density at radius 1 is 1.33 bits per heavy atom. The van der Waals surface area contributed by atoms with Crippen molar-refractivity contribution < 1.29 is 9.48 Å². The number of hydrogen-bond acceptors (Lipinski definition) is 2. The van der Waals surface area contributed by atoms with E-state index in [9.17, 15) is 5.21 Å². The van der Waals surface area contributed by atoms with Gasteiger partial charge in [-0.3, -0.25) is 0 Å². The number of ether oxygens (including phenoxy) is 1. The van der Waals surface area contributed by atoms with Crippen molar-refractivity contribution in [2.45, 2.75) is 26.3 Å². The van der Waals surface area contributed by atoms with E-state index in [0.29, 0.717) is 0 Å². The predicted molar refractivity (Wildman–Crippen MR) is 61.5 cm³/mol. The van der Waals surface area contributed by atoms with E-state index in [-0.39, 0.29) is 0 Å². The highest BCUT2D eigenvalue weighted by molar-refractivity contribution is 5.76. The molecule has 0 amide bonds. The minimum absolute atomic E-state index is 0.414. The van der Waals surface area contributed by atoms with Crippen LogP contribution in [0.15, 0.2) is 24.3 Å². The summed E-state index contributed by atoms with van der Waals surface area (Å²) in [6.45, 7) is 5.62. The van der Waals surface area contributed by atoms with Crippen molar-refractivity contribution in [2.24, 2.45) is 0 Å². The van der Waals surface area contributed by atoms with Gasteiger partial charge in [0.15, 0.2) is 11.8 Å². The van der Waals surface area contributed by atoms with Gasteiger partial charge in [-0.2, -0.15) is 0 Å². The largest absolute Gasteiger partial charge is 0.623 e. The van der Waals surface area contributed by atoms with Crippen molar-refractivity contribution >= 4 is 6.21 Å². The van der Waals surface area contributed by atoms with Gasteiger partial charge >= 0.3 is 0 Å². The molecule has 0 heterocycles. The van der Waals surface area contributed by atoms with Crippen LogP contribution in [-0.2, 0) is 0 Å². The van der Waals surface area contributed by atoms with Gasteiger partial charge in [0.1, 0.15) is 5.75 Å². The summed E-state index contributed by atoms with van der Waals surface area (Å²) in [5, 5.41) is 11.7. The smallest absolute Gasteiger partial charge is 0.182 e. The van der Waals surface area contributed by atoms with E-state index >= 15 is 0 Å². The average molecular weight is 207 g/mol. The van der Waals surface area contributed by atoms with Crippen LogP contribution < -0.4 is 4.74 Å². The zero-order chi connectivity index (χ0) is 11.5. The molecule has 0 aliphatic heterocycles. The number of rotatable bonds is 2. The summed E-state index contributed by atoms with van der Waals surface area (Å²) in [5.41, 5.74) is 0.433. The maximum absolute atomic E-state index is 11.7. The number of benzene rings is 1. The summed E-state index contributed by atoms with van der Waals surface area (Å²) in [4.78, 5) is 0. The molecule has 0 fully saturated rings. The van der Waals surface area contributed by atoms with Gasteiger partial charge in [0.2, 0.25) is 0 Å². The van der Waals surface area contributed by atoms with Crippen LogP contribution in [0.5, 0.6) is 5.75 Å². The van der Waals surface area contributed by atoms with Gasteiger partial charge in [-0.15, -0.1) is 0 Å². The predicted octanol–water partition coefficient (Wildman–Crippen LogP) is 2.42. The van der Waals surface area contributed by atoms with Gasteiger partial charge in [0, 0.05) is 26.3 Å². The highest BCUT2D eigenvalue weighted by Crippen LogP contribution is 2.12. The molecule has 0 aromatic heterocycles. The van der Waals surface area contributed by atoms with Crippen LogP contribution in [0.25, 0.3) is 0 Å². The van der Waals surface area contributed by atoms with Crippen molar-refractivity contribution in [3.8, 4) is 5.75 Å². The molecule has 0 unspecified atom stereocenters. The molecule has 0 aliphatic rings. The van der Waals surface area contributed by atoms with Crippen molar-refractivity contribution in [1.82, 2.24) is 0 Å². The molecule has 3 heteroatoms. The monoisotopic (exact) mass is 207 g/mol.